The highest BCUT2D eigenvalue weighted by molar-refractivity contribution is 14.0. The largest absolute Gasteiger partial charge is 0.490 e. The molecule has 0 amide bonds. The Kier molecular flexibility index (Phi) is 11.8. The van der Waals surface area contributed by atoms with Crippen LogP contribution < -0.4 is 15.4 Å². The van der Waals surface area contributed by atoms with Gasteiger partial charge in [0.1, 0.15) is 5.75 Å². The molecule has 1 unspecified atom stereocenters. The molecule has 160 valence electrons. The fourth-order valence-electron chi connectivity index (χ4n) is 3.36. The highest BCUT2D eigenvalue weighted by Gasteiger charge is 2.16. The van der Waals surface area contributed by atoms with Crippen molar-refractivity contribution in [3.8, 4) is 5.75 Å². The third kappa shape index (κ3) is 8.55. The summed E-state index contributed by atoms with van der Waals surface area (Å²) in [7, 11) is 4.04. The molecule has 0 saturated carbocycles. The normalized spacial score (nSPS) is 17.0. The average Bonchev–Trinajstić information content (AvgIpc) is 2.67. The van der Waals surface area contributed by atoms with Crippen molar-refractivity contribution in [3.63, 3.8) is 0 Å². The van der Waals surface area contributed by atoms with Crippen LogP contribution in [0.15, 0.2) is 23.2 Å². The van der Waals surface area contributed by atoms with Crippen LogP contribution in [0.2, 0.25) is 0 Å². The number of ether oxygens (including phenoxy) is 1. The maximum absolute atomic E-state index is 6.11. The van der Waals surface area contributed by atoms with Gasteiger partial charge < -0.3 is 20.3 Å². The van der Waals surface area contributed by atoms with Crippen LogP contribution in [0.3, 0.4) is 0 Å². The monoisotopic (exact) mass is 502 g/mol. The van der Waals surface area contributed by atoms with Gasteiger partial charge in [0.25, 0.3) is 0 Å². The second-order valence-corrected chi connectivity index (χ2v) is 7.84. The zero-order valence-corrected chi connectivity index (χ0v) is 20.6. The summed E-state index contributed by atoms with van der Waals surface area (Å²) >= 11 is 0. The topological polar surface area (TPSA) is 48.9 Å². The lowest BCUT2D eigenvalue weighted by molar-refractivity contribution is 0.213. The van der Waals surface area contributed by atoms with E-state index in [9.17, 15) is 0 Å². The third-order valence-electron chi connectivity index (χ3n) is 5.48. The Hall–Kier alpha value is -1.02. The summed E-state index contributed by atoms with van der Waals surface area (Å²) in [5.41, 5.74) is 2.39. The van der Waals surface area contributed by atoms with Crippen molar-refractivity contribution in [1.82, 2.24) is 15.5 Å². The summed E-state index contributed by atoms with van der Waals surface area (Å²) in [6, 6.07) is 6.40. The molecule has 1 saturated heterocycles. The molecule has 0 aliphatic carbocycles. The molecular weight excluding hydrogens is 463 g/mol. The molecule has 28 heavy (non-hydrogen) atoms. The van der Waals surface area contributed by atoms with Gasteiger partial charge in [-0.1, -0.05) is 19.1 Å². The summed E-state index contributed by atoms with van der Waals surface area (Å²) in [5, 5.41) is 6.90. The first kappa shape index (κ1) is 25.0. The SMILES string of the molecule is CCC(C)Oc1cc(C)ccc1CNC(=NC)NCCC1CCN(C)CC1.I. The third-order valence-corrected chi connectivity index (χ3v) is 5.48. The Morgan fingerprint density at radius 2 is 2.00 bits per heavy atom. The zero-order chi connectivity index (χ0) is 19.6. The maximum Gasteiger partial charge on any atom is 0.191 e. The van der Waals surface area contributed by atoms with E-state index < -0.39 is 0 Å². The lowest BCUT2D eigenvalue weighted by Crippen LogP contribution is -2.38. The number of nitrogens with zero attached hydrogens (tertiary/aromatic N) is 2. The Labute approximate surface area is 188 Å². The van der Waals surface area contributed by atoms with Gasteiger partial charge in [-0.2, -0.15) is 0 Å². The fourth-order valence-corrected chi connectivity index (χ4v) is 3.36. The first-order chi connectivity index (χ1) is 13.0. The van der Waals surface area contributed by atoms with Crippen molar-refractivity contribution in [2.75, 3.05) is 33.7 Å². The van der Waals surface area contributed by atoms with Crippen LogP contribution >= 0.6 is 24.0 Å². The van der Waals surface area contributed by atoms with Crippen LogP contribution in [0, 0.1) is 12.8 Å². The predicted octanol–water partition coefficient (Wildman–Crippen LogP) is 4.19. The van der Waals surface area contributed by atoms with Crippen LogP contribution in [0.1, 0.15) is 50.7 Å². The molecule has 1 aromatic rings. The molecule has 1 aliphatic rings. The highest BCUT2D eigenvalue weighted by atomic mass is 127. The van der Waals surface area contributed by atoms with E-state index in [4.69, 9.17) is 4.74 Å². The highest BCUT2D eigenvalue weighted by Crippen LogP contribution is 2.22. The van der Waals surface area contributed by atoms with Crippen molar-refractivity contribution in [2.24, 2.45) is 10.9 Å². The Bertz CT molecular complexity index is 600. The van der Waals surface area contributed by atoms with Crippen LogP contribution in [0.4, 0.5) is 0 Å². The van der Waals surface area contributed by atoms with Gasteiger partial charge in [0, 0.05) is 25.7 Å². The minimum atomic E-state index is 0. The molecule has 6 heteroatoms. The van der Waals surface area contributed by atoms with E-state index in [1.54, 1.807) is 0 Å². The van der Waals surface area contributed by atoms with Crippen LogP contribution in [-0.4, -0.2) is 50.7 Å². The van der Waals surface area contributed by atoms with Crippen molar-refractivity contribution >= 4 is 29.9 Å². The van der Waals surface area contributed by atoms with Gasteiger partial charge in [-0.05, 0) is 77.2 Å². The lowest BCUT2D eigenvalue weighted by Gasteiger charge is -2.29. The summed E-state index contributed by atoms with van der Waals surface area (Å²) in [5.74, 6) is 2.66. The average molecular weight is 502 g/mol. The second-order valence-electron chi connectivity index (χ2n) is 7.84. The van der Waals surface area contributed by atoms with E-state index >= 15 is 0 Å². The van der Waals surface area contributed by atoms with Crippen LogP contribution in [0.25, 0.3) is 0 Å². The number of hydrogen-bond donors (Lipinski definition) is 2. The Balaban J connectivity index is 0.00000392. The number of piperidine rings is 1. The van der Waals surface area contributed by atoms with Crippen molar-refractivity contribution in [1.29, 1.82) is 0 Å². The summed E-state index contributed by atoms with van der Waals surface area (Å²) in [4.78, 5) is 6.79. The molecule has 5 nitrogen and oxygen atoms in total. The van der Waals surface area contributed by atoms with E-state index in [-0.39, 0.29) is 30.1 Å². The molecular formula is C22H39IN4O. The molecule has 0 radical (unpaired) electrons. The molecule has 2 rings (SSSR count). The maximum atomic E-state index is 6.11. The lowest BCUT2D eigenvalue weighted by atomic mass is 9.94. The molecule has 1 fully saturated rings. The van der Waals surface area contributed by atoms with Gasteiger partial charge in [0.15, 0.2) is 5.96 Å². The van der Waals surface area contributed by atoms with Crippen LogP contribution in [-0.2, 0) is 6.54 Å². The zero-order valence-electron chi connectivity index (χ0n) is 18.3. The summed E-state index contributed by atoms with van der Waals surface area (Å²) < 4.78 is 6.11. The Morgan fingerprint density at radius 3 is 2.64 bits per heavy atom. The number of benzene rings is 1. The molecule has 0 bridgehead atoms. The number of halogens is 1. The molecule has 1 heterocycles. The van der Waals surface area contributed by atoms with Gasteiger partial charge in [-0.25, -0.2) is 0 Å². The number of hydrogen-bond acceptors (Lipinski definition) is 3. The smallest absolute Gasteiger partial charge is 0.191 e. The van der Waals surface area contributed by atoms with E-state index in [0.29, 0.717) is 6.54 Å². The van der Waals surface area contributed by atoms with Gasteiger partial charge in [0.05, 0.1) is 6.10 Å². The second kappa shape index (κ2) is 13.2. The fraction of sp³-hybridized carbons (Fsp3) is 0.682. The van der Waals surface area contributed by atoms with Crippen molar-refractivity contribution < 1.29 is 4.74 Å². The van der Waals surface area contributed by atoms with E-state index in [0.717, 1.165) is 30.6 Å². The summed E-state index contributed by atoms with van der Waals surface area (Å²) in [6.45, 7) is 10.5. The molecule has 1 aromatic carbocycles. The van der Waals surface area contributed by atoms with E-state index in [1.165, 1.54) is 43.5 Å². The minimum absolute atomic E-state index is 0. The van der Waals surface area contributed by atoms with Crippen molar-refractivity contribution in [2.45, 2.75) is 59.1 Å². The molecule has 0 aromatic heterocycles. The van der Waals surface area contributed by atoms with Gasteiger partial charge in [-0.15, -0.1) is 24.0 Å². The number of aliphatic imine (C=N–C) groups is 1. The number of guanidine groups is 1. The van der Waals surface area contributed by atoms with Gasteiger partial charge >= 0.3 is 0 Å². The Morgan fingerprint density at radius 1 is 1.29 bits per heavy atom. The van der Waals surface area contributed by atoms with E-state index in [2.05, 4.69) is 66.5 Å². The molecule has 1 aliphatic heterocycles. The quantitative estimate of drug-likeness (QED) is 0.318. The molecule has 0 spiro atoms. The molecule has 2 N–H and O–H groups in total. The minimum Gasteiger partial charge on any atom is -0.490 e. The van der Waals surface area contributed by atoms with Gasteiger partial charge in [0.2, 0.25) is 0 Å². The number of nitrogens with one attached hydrogen (secondary N) is 2. The first-order valence-electron chi connectivity index (χ1n) is 10.4. The van der Waals surface area contributed by atoms with Gasteiger partial charge in [-0.3, -0.25) is 4.99 Å². The van der Waals surface area contributed by atoms with E-state index in [1.807, 2.05) is 7.05 Å². The standard InChI is InChI=1S/C22H38N4O.HI/c1-6-18(3)27-21-15-17(2)7-8-20(21)16-25-22(23-4)24-12-9-19-10-13-26(5)14-11-19;/h7-8,15,18-19H,6,9-14,16H2,1-5H3,(H2,23,24,25);1H. The number of aryl methyl sites for hydroxylation is 1. The van der Waals surface area contributed by atoms with Crippen LogP contribution in [0.5, 0.6) is 5.75 Å². The summed E-state index contributed by atoms with van der Waals surface area (Å²) in [6.07, 6.45) is 5.05. The first-order valence-corrected chi connectivity index (χ1v) is 10.4. The molecule has 1 atom stereocenters. The number of rotatable bonds is 8. The predicted molar refractivity (Wildman–Crippen MR) is 130 cm³/mol. The number of likely N-dealkylation sites (tertiary alicyclic amines) is 1. The van der Waals surface area contributed by atoms with Crippen molar-refractivity contribution in [3.05, 3.63) is 29.3 Å².